The Morgan fingerprint density at radius 3 is 2.03 bits per heavy atom. The smallest absolute Gasteiger partial charge is 0.408 e. The van der Waals surface area contributed by atoms with Crippen molar-refractivity contribution < 1.29 is 19.1 Å². The summed E-state index contributed by atoms with van der Waals surface area (Å²) in [5.74, 6) is -0.622. The molecule has 0 heterocycles. The summed E-state index contributed by atoms with van der Waals surface area (Å²) >= 11 is 0. The molecule has 0 aliphatic carbocycles. The second-order valence-corrected chi connectivity index (χ2v) is 11.3. The van der Waals surface area contributed by atoms with Gasteiger partial charge in [0.2, 0.25) is 11.8 Å². The first-order valence-electron chi connectivity index (χ1n) is 11.6. The number of rotatable bonds is 7. The molecule has 1 atom stereocenters. The third-order valence-electron chi connectivity index (χ3n) is 5.29. The third-order valence-corrected chi connectivity index (χ3v) is 5.29. The number of hydrogen-bond donors (Lipinski definition) is 2. The van der Waals surface area contributed by atoms with Crippen LogP contribution in [0.3, 0.4) is 0 Å². The van der Waals surface area contributed by atoms with Gasteiger partial charge in [-0.3, -0.25) is 9.59 Å². The normalized spacial score (nSPS) is 13.2. The van der Waals surface area contributed by atoms with Gasteiger partial charge in [-0.25, -0.2) is 4.79 Å². The second-order valence-electron chi connectivity index (χ2n) is 11.3. The molecular formula is C26H43N3O4. The molecule has 1 aromatic carbocycles. The van der Waals surface area contributed by atoms with Crippen molar-refractivity contribution >= 4 is 17.9 Å². The van der Waals surface area contributed by atoms with Gasteiger partial charge in [-0.2, -0.15) is 0 Å². The Balaban J connectivity index is 3.47. The number of carbonyl (C=O) groups excluding carboxylic acids is 3. The van der Waals surface area contributed by atoms with Crippen LogP contribution in [0.5, 0.6) is 0 Å². The lowest BCUT2D eigenvalue weighted by Gasteiger charge is -2.44. The third kappa shape index (κ3) is 8.71. The van der Waals surface area contributed by atoms with Crippen LogP contribution in [-0.2, 0) is 14.3 Å². The second kappa shape index (κ2) is 10.6. The molecule has 0 saturated heterocycles. The molecule has 0 aromatic heterocycles. The van der Waals surface area contributed by atoms with Gasteiger partial charge in [-0.15, -0.1) is 0 Å². The number of nitrogens with one attached hydrogen (secondary N) is 2. The van der Waals surface area contributed by atoms with Gasteiger partial charge < -0.3 is 20.3 Å². The molecule has 0 spiro atoms. The fourth-order valence-electron chi connectivity index (χ4n) is 3.52. The lowest BCUT2D eigenvalue weighted by atomic mass is 9.90. The largest absolute Gasteiger partial charge is 0.444 e. The SMILES string of the molecule is CCC(C)(C)N(C(=O)CNC(=O)OC(C)(C)C)C(C(=O)NC(C)(C)C)c1ccc(C)cc1C. The van der Waals surface area contributed by atoms with E-state index in [9.17, 15) is 14.4 Å². The summed E-state index contributed by atoms with van der Waals surface area (Å²) in [4.78, 5) is 40.9. The summed E-state index contributed by atoms with van der Waals surface area (Å²) in [6.07, 6.45) is -0.0534. The highest BCUT2D eigenvalue weighted by molar-refractivity contribution is 5.91. The number of nitrogens with zero attached hydrogens (tertiary/aromatic N) is 1. The molecule has 1 unspecified atom stereocenters. The van der Waals surface area contributed by atoms with Crippen LogP contribution < -0.4 is 10.6 Å². The van der Waals surface area contributed by atoms with Gasteiger partial charge in [-0.05, 0) is 86.8 Å². The van der Waals surface area contributed by atoms with Crippen LogP contribution >= 0.6 is 0 Å². The highest BCUT2D eigenvalue weighted by Gasteiger charge is 2.41. The molecule has 0 saturated carbocycles. The van der Waals surface area contributed by atoms with Crippen LogP contribution in [0.25, 0.3) is 0 Å². The zero-order valence-electron chi connectivity index (χ0n) is 22.3. The number of alkyl carbamates (subject to hydrolysis) is 1. The van der Waals surface area contributed by atoms with Crippen molar-refractivity contribution in [2.45, 2.75) is 105 Å². The first-order chi connectivity index (χ1) is 14.9. The van der Waals surface area contributed by atoms with E-state index >= 15 is 0 Å². The van der Waals surface area contributed by atoms with E-state index in [-0.39, 0.29) is 18.4 Å². The Bertz CT molecular complexity index is 863. The molecule has 2 N–H and O–H groups in total. The Morgan fingerprint density at radius 1 is 1.00 bits per heavy atom. The summed E-state index contributed by atoms with van der Waals surface area (Å²) in [5.41, 5.74) is 0.954. The van der Waals surface area contributed by atoms with E-state index in [0.717, 1.165) is 16.7 Å². The topological polar surface area (TPSA) is 87.7 Å². The molecule has 0 aliphatic rings. The molecule has 3 amide bonds. The Hall–Kier alpha value is -2.57. The van der Waals surface area contributed by atoms with Gasteiger partial charge in [-0.1, -0.05) is 30.7 Å². The van der Waals surface area contributed by atoms with E-state index in [0.29, 0.717) is 6.42 Å². The molecule has 0 bridgehead atoms. The number of benzene rings is 1. The van der Waals surface area contributed by atoms with Gasteiger partial charge in [0.25, 0.3) is 0 Å². The summed E-state index contributed by atoms with van der Waals surface area (Å²) in [5, 5.41) is 5.59. The maximum Gasteiger partial charge on any atom is 0.408 e. The number of hydrogen-bond acceptors (Lipinski definition) is 4. The lowest BCUT2D eigenvalue weighted by molar-refractivity contribution is -0.147. The first-order valence-corrected chi connectivity index (χ1v) is 11.6. The quantitative estimate of drug-likeness (QED) is 0.610. The van der Waals surface area contributed by atoms with E-state index < -0.39 is 28.8 Å². The number of ether oxygens (including phenoxy) is 1. The van der Waals surface area contributed by atoms with Crippen molar-refractivity contribution in [1.82, 2.24) is 15.5 Å². The molecule has 0 fully saturated rings. The van der Waals surface area contributed by atoms with Gasteiger partial charge in [0.05, 0.1) is 0 Å². The Morgan fingerprint density at radius 2 is 1.58 bits per heavy atom. The van der Waals surface area contributed by atoms with Crippen LogP contribution in [-0.4, -0.2) is 46.0 Å². The van der Waals surface area contributed by atoms with Gasteiger partial charge in [0.15, 0.2) is 0 Å². The number of amides is 3. The monoisotopic (exact) mass is 461 g/mol. The maximum absolute atomic E-state index is 13.6. The molecule has 0 aliphatic heterocycles. The Labute approximate surface area is 199 Å². The summed E-state index contributed by atoms with van der Waals surface area (Å²) in [6, 6.07) is 5.01. The fraction of sp³-hybridized carbons (Fsp3) is 0.654. The minimum atomic E-state index is -0.854. The van der Waals surface area contributed by atoms with E-state index in [1.54, 1.807) is 25.7 Å². The average molecular weight is 462 g/mol. The summed E-state index contributed by atoms with van der Waals surface area (Å²) in [6.45, 7) is 20.5. The molecule has 33 heavy (non-hydrogen) atoms. The average Bonchev–Trinajstić information content (AvgIpc) is 2.61. The minimum absolute atomic E-state index is 0.262. The van der Waals surface area contributed by atoms with E-state index in [1.807, 2.05) is 73.6 Å². The Kier molecular flexibility index (Phi) is 9.12. The molecule has 0 radical (unpaired) electrons. The fourth-order valence-corrected chi connectivity index (χ4v) is 3.52. The predicted octanol–water partition coefficient (Wildman–Crippen LogP) is 4.80. The minimum Gasteiger partial charge on any atom is -0.444 e. The van der Waals surface area contributed by atoms with Crippen molar-refractivity contribution in [2.24, 2.45) is 0 Å². The zero-order valence-corrected chi connectivity index (χ0v) is 22.3. The number of aryl methyl sites for hydroxylation is 2. The van der Waals surface area contributed by atoms with Gasteiger partial charge >= 0.3 is 6.09 Å². The van der Waals surface area contributed by atoms with Crippen LogP contribution in [0.2, 0.25) is 0 Å². The molecule has 1 rings (SSSR count). The van der Waals surface area contributed by atoms with Gasteiger partial charge in [0.1, 0.15) is 18.2 Å². The first kappa shape index (κ1) is 28.5. The summed E-state index contributed by atoms with van der Waals surface area (Å²) in [7, 11) is 0. The van der Waals surface area contributed by atoms with Crippen molar-refractivity contribution in [1.29, 1.82) is 0 Å². The predicted molar refractivity (Wildman–Crippen MR) is 132 cm³/mol. The standard InChI is InChI=1S/C26H43N3O4/c1-12-26(10,11)29(20(30)16-27-23(32)33-25(7,8)9)21(22(31)28-24(4,5)6)19-14-13-17(2)15-18(19)3/h13-15,21H,12,16H2,1-11H3,(H,27,32)(H,28,31). The molecule has 186 valence electrons. The van der Waals surface area contributed by atoms with E-state index in [4.69, 9.17) is 4.74 Å². The zero-order chi connectivity index (χ0) is 25.8. The van der Waals surface area contributed by atoms with E-state index in [2.05, 4.69) is 10.6 Å². The molecule has 7 nitrogen and oxygen atoms in total. The van der Waals surface area contributed by atoms with Crippen LogP contribution in [0, 0.1) is 13.8 Å². The van der Waals surface area contributed by atoms with Crippen molar-refractivity contribution in [3.8, 4) is 0 Å². The maximum atomic E-state index is 13.6. The van der Waals surface area contributed by atoms with E-state index in [1.165, 1.54) is 0 Å². The van der Waals surface area contributed by atoms with Crippen LogP contribution in [0.4, 0.5) is 4.79 Å². The lowest BCUT2D eigenvalue weighted by Crippen LogP contribution is -2.57. The van der Waals surface area contributed by atoms with Crippen molar-refractivity contribution in [3.05, 3.63) is 34.9 Å². The van der Waals surface area contributed by atoms with Crippen LogP contribution in [0.15, 0.2) is 18.2 Å². The van der Waals surface area contributed by atoms with Crippen molar-refractivity contribution in [2.75, 3.05) is 6.54 Å². The van der Waals surface area contributed by atoms with Crippen molar-refractivity contribution in [3.63, 3.8) is 0 Å². The van der Waals surface area contributed by atoms with Crippen LogP contribution in [0.1, 0.15) is 91.5 Å². The molecule has 7 heteroatoms. The highest BCUT2D eigenvalue weighted by atomic mass is 16.6. The molecular weight excluding hydrogens is 418 g/mol. The summed E-state index contributed by atoms with van der Waals surface area (Å²) < 4.78 is 5.27. The van der Waals surface area contributed by atoms with Gasteiger partial charge in [0, 0.05) is 11.1 Å². The number of carbonyl (C=O) groups is 3. The highest BCUT2D eigenvalue weighted by Crippen LogP contribution is 2.33. The molecule has 1 aromatic rings.